The minimum atomic E-state index is -0.812. The Morgan fingerprint density at radius 2 is 1.92 bits per heavy atom. The second-order valence-electron chi connectivity index (χ2n) is 14.1. The molecule has 1 unspecified atom stereocenters. The molecule has 2 saturated heterocycles. The molecule has 0 aliphatic carbocycles. The Labute approximate surface area is 291 Å². The predicted octanol–water partition coefficient (Wildman–Crippen LogP) is 4.10. The van der Waals surface area contributed by atoms with Crippen LogP contribution in [0.3, 0.4) is 0 Å². The van der Waals surface area contributed by atoms with Crippen LogP contribution in [0, 0.1) is 12.8 Å². The summed E-state index contributed by atoms with van der Waals surface area (Å²) in [6, 6.07) is 8.76. The van der Waals surface area contributed by atoms with Gasteiger partial charge in [-0.2, -0.15) is 0 Å². The molecule has 3 N–H and O–H groups in total. The number of carbonyl (C=O) groups excluding carboxylic acids is 3. The van der Waals surface area contributed by atoms with Gasteiger partial charge in [0.1, 0.15) is 24.2 Å². The van der Waals surface area contributed by atoms with E-state index in [1.54, 1.807) is 17.4 Å². The van der Waals surface area contributed by atoms with Crippen molar-refractivity contribution in [1.82, 2.24) is 30.6 Å². The molecule has 2 aliphatic rings. The van der Waals surface area contributed by atoms with E-state index in [1.807, 2.05) is 71.3 Å². The van der Waals surface area contributed by atoms with E-state index in [1.165, 1.54) is 4.90 Å². The first-order valence-electron chi connectivity index (χ1n) is 16.8. The third-order valence-electron chi connectivity index (χ3n) is 8.69. The van der Waals surface area contributed by atoms with Gasteiger partial charge in [-0.15, -0.1) is 11.3 Å². The Morgan fingerprint density at radius 3 is 2.59 bits per heavy atom. The summed E-state index contributed by atoms with van der Waals surface area (Å²) in [6.07, 6.45) is -0.259. The molecule has 4 atom stereocenters. The number of rotatable bonds is 12. The van der Waals surface area contributed by atoms with Gasteiger partial charge in [-0.25, -0.2) is 9.78 Å². The van der Waals surface area contributed by atoms with Gasteiger partial charge < -0.3 is 34.6 Å². The molecular weight excluding hydrogens is 648 g/mol. The summed E-state index contributed by atoms with van der Waals surface area (Å²) in [5, 5.41) is 20.4. The molecule has 266 valence electrons. The lowest BCUT2D eigenvalue weighted by atomic mass is 9.91. The van der Waals surface area contributed by atoms with Crippen molar-refractivity contribution in [2.75, 3.05) is 32.8 Å². The SMILES string of the molecule is Cc1ncsc1-c1ccc(CNC(=O)[C@@H]2C[C@@H](O)CN2C(=O)C(c2cc(OCCN3CC[C@@H](NC(=O)OC(C)(C)C)C3)no2)C(C)C)cc1. The Bertz CT molecular complexity index is 1580. The number of benzene rings is 1. The molecule has 0 spiro atoms. The Hall–Kier alpha value is -4.01. The maximum absolute atomic E-state index is 13.9. The Kier molecular flexibility index (Phi) is 11.6. The second-order valence-corrected chi connectivity index (χ2v) is 15.0. The van der Waals surface area contributed by atoms with E-state index in [4.69, 9.17) is 14.0 Å². The van der Waals surface area contributed by atoms with Gasteiger partial charge in [0.15, 0.2) is 5.76 Å². The molecule has 2 fully saturated rings. The number of aromatic nitrogens is 2. The number of aryl methyl sites for hydroxylation is 1. The van der Waals surface area contributed by atoms with E-state index in [9.17, 15) is 19.5 Å². The second kappa shape index (κ2) is 15.7. The van der Waals surface area contributed by atoms with Crippen molar-refractivity contribution in [1.29, 1.82) is 0 Å². The maximum Gasteiger partial charge on any atom is 0.407 e. The third-order valence-corrected chi connectivity index (χ3v) is 9.67. The topological polar surface area (TPSA) is 159 Å². The number of β-amino-alcohol motifs (C(OH)–C–C–N with tert-alkyl or cyclic N) is 1. The summed E-state index contributed by atoms with van der Waals surface area (Å²) in [4.78, 5) is 48.5. The van der Waals surface area contributed by atoms with Crippen LogP contribution in [-0.2, 0) is 20.9 Å². The van der Waals surface area contributed by atoms with Crippen molar-refractivity contribution in [2.45, 2.75) is 90.6 Å². The van der Waals surface area contributed by atoms with E-state index < -0.39 is 29.8 Å². The summed E-state index contributed by atoms with van der Waals surface area (Å²) in [5.74, 6) is -0.903. The lowest BCUT2D eigenvalue weighted by Crippen LogP contribution is -2.48. The van der Waals surface area contributed by atoms with Crippen LogP contribution in [0.2, 0.25) is 0 Å². The first-order chi connectivity index (χ1) is 23.3. The number of hydrogen-bond donors (Lipinski definition) is 3. The minimum Gasteiger partial charge on any atom is -0.474 e. The summed E-state index contributed by atoms with van der Waals surface area (Å²) in [6.45, 7) is 14.1. The Balaban J connectivity index is 1.13. The first-order valence-corrected chi connectivity index (χ1v) is 17.7. The molecule has 13 nitrogen and oxygen atoms in total. The molecular formula is C35H48N6O7S. The smallest absolute Gasteiger partial charge is 0.407 e. The zero-order chi connectivity index (χ0) is 35.3. The van der Waals surface area contributed by atoms with E-state index >= 15 is 0 Å². The number of alkyl carbamates (subject to hydrolysis) is 1. The zero-order valence-corrected chi connectivity index (χ0v) is 29.9. The van der Waals surface area contributed by atoms with Gasteiger partial charge in [0.2, 0.25) is 11.8 Å². The number of ether oxygens (including phenoxy) is 2. The van der Waals surface area contributed by atoms with Crippen molar-refractivity contribution in [3.63, 3.8) is 0 Å². The molecule has 14 heteroatoms. The minimum absolute atomic E-state index is 0.00627. The molecule has 0 saturated carbocycles. The number of carbonyl (C=O) groups is 3. The van der Waals surface area contributed by atoms with Crippen LogP contribution in [0.4, 0.5) is 4.79 Å². The third kappa shape index (κ3) is 9.58. The fourth-order valence-corrected chi connectivity index (χ4v) is 7.09. The van der Waals surface area contributed by atoms with Crippen LogP contribution >= 0.6 is 11.3 Å². The van der Waals surface area contributed by atoms with Crippen molar-refractivity contribution < 1.29 is 33.5 Å². The number of nitrogens with one attached hydrogen (secondary N) is 2. The van der Waals surface area contributed by atoms with Crippen molar-refractivity contribution in [3.05, 3.63) is 52.9 Å². The Morgan fingerprint density at radius 1 is 1.16 bits per heavy atom. The van der Waals surface area contributed by atoms with E-state index in [-0.39, 0.29) is 42.6 Å². The van der Waals surface area contributed by atoms with Crippen LogP contribution in [0.1, 0.15) is 70.4 Å². The molecule has 2 aromatic heterocycles. The van der Waals surface area contributed by atoms with Gasteiger partial charge >= 0.3 is 6.09 Å². The zero-order valence-electron chi connectivity index (χ0n) is 29.1. The number of likely N-dealkylation sites (tertiary alicyclic amines) is 2. The summed E-state index contributed by atoms with van der Waals surface area (Å²) in [5.41, 5.74) is 4.25. The molecule has 5 rings (SSSR count). The molecule has 0 radical (unpaired) electrons. The molecule has 0 bridgehead atoms. The summed E-state index contributed by atoms with van der Waals surface area (Å²) in [7, 11) is 0. The van der Waals surface area contributed by atoms with Gasteiger partial charge in [0.05, 0.1) is 22.2 Å². The van der Waals surface area contributed by atoms with Crippen LogP contribution in [0.5, 0.6) is 5.88 Å². The summed E-state index contributed by atoms with van der Waals surface area (Å²) >= 11 is 1.59. The average molecular weight is 697 g/mol. The molecule has 3 aromatic rings. The highest BCUT2D eigenvalue weighted by Crippen LogP contribution is 2.33. The fourth-order valence-electron chi connectivity index (χ4n) is 6.27. The highest BCUT2D eigenvalue weighted by atomic mass is 32.1. The number of thiazole rings is 1. The molecule has 49 heavy (non-hydrogen) atoms. The number of aliphatic hydroxyl groups is 1. The van der Waals surface area contributed by atoms with E-state index in [2.05, 4.69) is 25.7 Å². The van der Waals surface area contributed by atoms with Crippen LogP contribution in [0.25, 0.3) is 10.4 Å². The van der Waals surface area contributed by atoms with Crippen molar-refractivity contribution in [2.24, 2.45) is 5.92 Å². The van der Waals surface area contributed by atoms with E-state index in [0.29, 0.717) is 32.0 Å². The van der Waals surface area contributed by atoms with E-state index in [0.717, 1.165) is 34.7 Å². The van der Waals surface area contributed by atoms with Crippen LogP contribution < -0.4 is 15.4 Å². The summed E-state index contributed by atoms with van der Waals surface area (Å²) < 4.78 is 16.8. The van der Waals surface area contributed by atoms with Gasteiger partial charge in [0.25, 0.3) is 5.88 Å². The first kappa shape index (κ1) is 36.3. The number of nitrogens with zero attached hydrogens (tertiary/aromatic N) is 4. The van der Waals surface area contributed by atoms with Crippen molar-refractivity contribution in [3.8, 4) is 16.3 Å². The number of aliphatic hydroxyl groups excluding tert-OH is 1. The molecule has 4 heterocycles. The largest absolute Gasteiger partial charge is 0.474 e. The fraction of sp³-hybridized carbons (Fsp3) is 0.571. The predicted molar refractivity (Wildman–Crippen MR) is 184 cm³/mol. The lowest BCUT2D eigenvalue weighted by molar-refractivity contribution is -0.141. The van der Waals surface area contributed by atoms with Gasteiger partial charge in [-0.1, -0.05) is 38.1 Å². The highest BCUT2D eigenvalue weighted by molar-refractivity contribution is 7.13. The van der Waals surface area contributed by atoms with Gasteiger partial charge in [-0.3, -0.25) is 14.5 Å². The quantitative estimate of drug-likeness (QED) is 0.252. The molecule has 2 aliphatic heterocycles. The monoisotopic (exact) mass is 696 g/mol. The standard InChI is InChI=1S/C35H48N6O7S/c1-21(2)30(28-16-29(39-48-28)46-14-13-40-12-11-25(18-40)38-34(45)47-35(4,5)6)33(44)41-19-26(42)15-27(41)32(43)36-17-23-7-9-24(10-8-23)31-22(3)37-20-49-31/h7-10,16,20-21,25-27,30,42H,11-15,17-19H2,1-6H3,(H,36,43)(H,38,45)/t25-,26-,27+,30?/m1/s1. The maximum atomic E-state index is 13.9. The van der Waals surface area contributed by atoms with Crippen LogP contribution in [0.15, 0.2) is 40.4 Å². The average Bonchev–Trinajstić information content (AvgIpc) is 3.84. The highest BCUT2D eigenvalue weighted by Gasteiger charge is 2.43. The van der Waals surface area contributed by atoms with Crippen LogP contribution in [-0.4, -0.2) is 99.5 Å². The lowest BCUT2D eigenvalue weighted by Gasteiger charge is -2.28. The molecule has 3 amide bonds. The van der Waals surface area contributed by atoms with Crippen molar-refractivity contribution >= 4 is 29.2 Å². The van der Waals surface area contributed by atoms with Gasteiger partial charge in [-0.05, 0) is 56.3 Å². The van der Waals surface area contributed by atoms with Gasteiger partial charge in [0, 0.05) is 51.3 Å². The number of hydrogen-bond acceptors (Lipinski definition) is 11. The normalized spacial score (nSPS) is 20.4. The number of amides is 3. The molecule has 1 aromatic carbocycles.